The number of aromatic nitrogens is 1. The third-order valence-corrected chi connectivity index (χ3v) is 6.75. The molecule has 3 amide bonds. The summed E-state index contributed by atoms with van der Waals surface area (Å²) in [5, 5.41) is 2.38. The molecule has 1 aliphatic rings. The number of hydrogen-bond acceptors (Lipinski definition) is 10. The summed E-state index contributed by atoms with van der Waals surface area (Å²) in [5.41, 5.74) is 4.96. The summed E-state index contributed by atoms with van der Waals surface area (Å²) < 4.78 is 20.8. The van der Waals surface area contributed by atoms with Gasteiger partial charge in [0.15, 0.2) is 11.5 Å². The van der Waals surface area contributed by atoms with Crippen molar-refractivity contribution in [3.8, 4) is 17.2 Å². The molecule has 0 unspecified atom stereocenters. The number of rotatable bonds is 9. The van der Waals surface area contributed by atoms with Crippen LogP contribution in [0.2, 0.25) is 0 Å². The Morgan fingerprint density at radius 1 is 1.03 bits per heavy atom. The number of carbonyl (C=O) groups is 4. The monoisotopic (exact) mass is 534 g/mol. The fraction of sp³-hybridized carbons (Fsp3) is 0.458. The van der Waals surface area contributed by atoms with Crippen molar-refractivity contribution in [2.75, 3.05) is 41.0 Å². The summed E-state index contributed by atoms with van der Waals surface area (Å²) in [5.74, 6) is -0.903. The van der Waals surface area contributed by atoms with Crippen LogP contribution in [0.5, 0.6) is 17.2 Å². The molecule has 37 heavy (non-hydrogen) atoms. The van der Waals surface area contributed by atoms with Crippen LogP contribution in [0.15, 0.2) is 17.5 Å². The van der Waals surface area contributed by atoms with Gasteiger partial charge in [-0.2, -0.15) is 0 Å². The summed E-state index contributed by atoms with van der Waals surface area (Å²) in [4.78, 5) is 54.8. The first-order chi connectivity index (χ1) is 17.8. The molecular formula is C24H30N4O8S. The van der Waals surface area contributed by atoms with Crippen molar-refractivity contribution in [2.45, 2.75) is 32.1 Å². The maximum absolute atomic E-state index is 13.2. The van der Waals surface area contributed by atoms with Gasteiger partial charge in [-0.25, -0.2) is 4.98 Å². The van der Waals surface area contributed by atoms with Gasteiger partial charge in [0.25, 0.3) is 11.8 Å². The summed E-state index contributed by atoms with van der Waals surface area (Å²) >= 11 is 1.34. The molecule has 1 saturated heterocycles. The lowest BCUT2D eigenvalue weighted by Gasteiger charge is -2.31. The second-order valence-electron chi connectivity index (χ2n) is 8.00. The Morgan fingerprint density at radius 2 is 1.73 bits per heavy atom. The van der Waals surface area contributed by atoms with Gasteiger partial charge in [-0.1, -0.05) is 0 Å². The molecule has 2 heterocycles. The zero-order chi connectivity index (χ0) is 26.9. The van der Waals surface area contributed by atoms with Crippen LogP contribution in [0, 0.1) is 0 Å². The minimum absolute atomic E-state index is 0.0845. The zero-order valence-corrected chi connectivity index (χ0v) is 21.9. The number of benzene rings is 1. The zero-order valence-electron chi connectivity index (χ0n) is 21.1. The largest absolute Gasteiger partial charge is 0.493 e. The fourth-order valence-corrected chi connectivity index (χ4v) is 4.90. The molecule has 0 atom stereocenters. The third kappa shape index (κ3) is 6.67. The highest BCUT2D eigenvalue weighted by atomic mass is 32.1. The number of nitrogens with one attached hydrogen (secondary N) is 2. The quantitative estimate of drug-likeness (QED) is 0.280. The number of carbonyl (C=O) groups excluding carboxylic acids is 4. The lowest BCUT2D eigenvalue weighted by Crippen LogP contribution is -2.42. The topological polar surface area (TPSA) is 145 Å². The van der Waals surface area contributed by atoms with Crippen LogP contribution in [-0.4, -0.2) is 74.6 Å². The Kier molecular flexibility index (Phi) is 9.66. The molecule has 0 radical (unpaired) electrons. The molecular weight excluding hydrogens is 504 g/mol. The molecule has 1 aromatic carbocycles. The Balaban J connectivity index is 1.56. The Bertz CT molecular complexity index is 1140. The molecule has 12 nitrogen and oxygen atoms in total. The standard InChI is InChI=1S/C24H30N4O8S/c1-5-36-19(30)12-18(29)26-27-22(31)16-13-37-23(25-16)14-8-10-28(11-9-14)24(32)15-6-7-17(33-2)21(35-4)20(15)34-3/h6-7,13-14H,5,8-12H2,1-4H3,(H,26,29)(H,27,31). The van der Waals surface area contributed by atoms with Crippen molar-refractivity contribution in [1.29, 1.82) is 0 Å². The van der Waals surface area contributed by atoms with E-state index in [4.69, 9.17) is 14.2 Å². The fourth-order valence-electron chi connectivity index (χ4n) is 3.93. The van der Waals surface area contributed by atoms with Gasteiger partial charge in [-0.3, -0.25) is 30.0 Å². The first-order valence-corrected chi connectivity index (χ1v) is 12.5. The number of hydrazine groups is 1. The molecule has 0 aliphatic carbocycles. The molecule has 13 heteroatoms. The van der Waals surface area contributed by atoms with Gasteiger partial charge in [0.1, 0.15) is 12.1 Å². The molecule has 1 aliphatic heterocycles. The van der Waals surface area contributed by atoms with Crippen molar-refractivity contribution in [3.05, 3.63) is 33.8 Å². The van der Waals surface area contributed by atoms with Crippen LogP contribution in [-0.2, 0) is 14.3 Å². The van der Waals surface area contributed by atoms with E-state index in [1.165, 1.54) is 32.7 Å². The molecule has 0 saturated carbocycles. The Labute approximate surface area is 218 Å². The average molecular weight is 535 g/mol. The van der Waals surface area contributed by atoms with Crippen LogP contribution in [0.3, 0.4) is 0 Å². The van der Waals surface area contributed by atoms with Crippen molar-refractivity contribution in [3.63, 3.8) is 0 Å². The van der Waals surface area contributed by atoms with Gasteiger partial charge in [-0.15, -0.1) is 11.3 Å². The van der Waals surface area contributed by atoms with E-state index in [-0.39, 0.29) is 24.1 Å². The molecule has 1 fully saturated rings. The van der Waals surface area contributed by atoms with E-state index in [2.05, 4.69) is 20.6 Å². The maximum atomic E-state index is 13.2. The van der Waals surface area contributed by atoms with Gasteiger partial charge in [0.2, 0.25) is 11.7 Å². The first-order valence-electron chi connectivity index (χ1n) is 11.6. The van der Waals surface area contributed by atoms with E-state index < -0.39 is 24.2 Å². The van der Waals surface area contributed by atoms with Gasteiger partial charge in [-0.05, 0) is 31.9 Å². The molecule has 0 spiro atoms. The van der Waals surface area contributed by atoms with E-state index in [1.807, 2.05) is 0 Å². The van der Waals surface area contributed by atoms with E-state index in [0.29, 0.717) is 48.7 Å². The van der Waals surface area contributed by atoms with E-state index in [9.17, 15) is 19.2 Å². The molecule has 3 rings (SSSR count). The predicted octanol–water partition coefficient (Wildman–Crippen LogP) is 1.90. The second kappa shape index (κ2) is 12.9. The van der Waals surface area contributed by atoms with Crippen LogP contribution in [0.1, 0.15) is 58.0 Å². The van der Waals surface area contributed by atoms with E-state index in [0.717, 1.165) is 5.01 Å². The minimum Gasteiger partial charge on any atom is -0.493 e. The first kappa shape index (κ1) is 27.7. The number of esters is 1. The van der Waals surface area contributed by atoms with Crippen LogP contribution in [0.25, 0.3) is 0 Å². The lowest BCUT2D eigenvalue weighted by molar-refractivity contribution is -0.146. The van der Waals surface area contributed by atoms with Crippen molar-refractivity contribution in [2.24, 2.45) is 0 Å². The van der Waals surface area contributed by atoms with Crippen molar-refractivity contribution < 1.29 is 38.1 Å². The van der Waals surface area contributed by atoms with Gasteiger partial charge < -0.3 is 23.8 Å². The third-order valence-electron chi connectivity index (χ3n) is 5.75. The van der Waals surface area contributed by atoms with E-state index in [1.54, 1.807) is 29.3 Å². The second-order valence-corrected chi connectivity index (χ2v) is 8.89. The smallest absolute Gasteiger partial charge is 0.315 e. The number of likely N-dealkylation sites (tertiary alicyclic amines) is 1. The highest BCUT2D eigenvalue weighted by Gasteiger charge is 2.30. The van der Waals surface area contributed by atoms with Gasteiger partial charge in [0, 0.05) is 24.4 Å². The highest BCUT2D eigenvalue weighted by Crippen LogP contribution is 2.40. The van der Waals surface area contributed by atoms with Crippen molar-refractivity contribution >= 4 is 35.0 Å². The van der Waals surface area contributed by atoms with Crippen LogP contribution >= 0.6 is 11.3 Å². The summed E-state index contributed by atoms with van der Waals surface area (Å²) in [6.07, 6.45) is 0.849. The number of methoxy groups -OCH3 is 3. The lowest BCUT2D eigenvalue weighted by atomic mass is 9.97. The highest BCUT2D eigenvalue weighted by molar-refractivity contribution is 7.09. The van der Waals surface area contributed by atoms with Gasteiger partial charge >= 0.3 is 5.97 Å². The Morgan fingerprint density at radius 3 is 2.35 bits per heavy atom. The van der Waals surface area contributed by atoms with Crippen LogP contribution in [0.4, 0.5) is 0 Å². The number of amides is 3. The normalized spacial score (nSPS) is 13.5. The number of ether oxygens (including phenoxy) is 4. The number of thiazole rings is 1. The number of hydrogen-bond donors (Lipinski definition) is 2. The summed E-state index contributed by atoms with van der Waals surface area (Å²) in [7, 11) is 4.47. The van der Waals surface area contributed by atoms with Gasteiger partial charge in [0.05, 0.1) is 38.5 Å². The maximum Gasteiger partial charge on any atom is 0.315 e. The molecule has 2 N–H and O–H groups in total. The van der Waals surface area contributed by atoms with Crippen molar-refractivity contribution in [1.82, 2.24) is 20.7 Å². The molecule has 200 valence electrons. The van der Waals surface area contributed by atoms with Crippen LogP contribution < -0.4 is 25.1 Å². The summed E-state index contributed by atoms with van der Waals surface area (Å²) in [6.45, 7) is 2.81. The summed E-state index contributed by atoms with van der Waals surface area (Å²) in [6, 6.07) is 3.33. The number of piperidine rings is 1. The van der Waals surface area contributed by atoms with E-state index >= 15 is 0 Å². The predicted molar refractivity (Wildman–Crippen MR) is 133 cm³/mol. The minimum atomic E-state index is -0.689. The Hall–Kier alpha value is -3.87. The average Bonchev–Trinajstić information content (AvgIpc) is 3.41. The molecule has 2 aromatic rings. The molecule has 1 aromatic heterocycles. The molecule has 0 bridgehead atoms. The SMILES string of the molecule is CCOC(=O)CC(=O)NNC(=O)c1csc(C2CCN(C(=O)c3ccc(OC)c(OC)c3OC)CC2)n1. The number of nitrogens with zero attached hydrogens (tertiary/aromatic N) is 2.